The number of likely N-dealkylation sites (tertiary alicyclic amines) is 1. The molecule has 29 heavy (non-hydrogen) atoms. The van der Waals surface area contributed by atoms with Gasteiger partial charge in [-0.05, 0) is 69.0 Å². The van der Waals surface area contributed by atoms with Gasteiger partial charge >= 0.3 is 6.09 Å². The number of hydrogen-bond donors (Lipinski definition) is 2. The molecule has 3 rings (SSSR count). The van der Waals surface area contributed by atoms with Crippen molar-refractivity contribution in [3.05, 3.63) is 53.2 Å². The molecule has 0 unspecified atom stereocenters. The number of piperidine rings is 1. The molecule has 0 radical (unpaired) electrons. The Balaban J connectivity index is 1.52. The highest BCUT2D eigenvalue weighted by Gasteiger charge is 2.23. The van der Waals surface area contributed by atoms with Crippen LogP contribution in [0.1, 0.15) is 41.3 Å². The average molecular weight is 396 g/mol. The van der Waals surface area contributed by atoms with Gasteiger partial charge in [-0.2, -0.15) is 0 Å². The van der Waals surface area contributed by atoms with E-state index < -0.39 is 0 Å². The molecule has 0 aliphatic carbocycles. The summed E-state index contributed by atoms with van der Waals surface area (Å²) in [5.41, 5.74) is 3.60. The Hall–Kier alpha value is -3.09. The van der Waals surface area contributed by atoms with E-state index in [-0.39, 0.29) is 18.0 Å². The van der Waals surface area contributed by atoms with Crippen LogP contribution in [0.2, 0.25) is 0 Å². The summed E-state index contributed by atoms with van der Waals surface area (Å²) in [6.45, 7) is 7.58. The molecule has 7 nitrogen and oxygen atoms in total. The second-order valence-corrected chi connectivity index (χ2v) is 7.29. The Morgan fingerprint density at radius 3 is 2.52 bits per heavy atom. The van der Waals surface area contributed by atoms with Gasteiger partial charge in [0.1, 0.15) is 5.82 Å². The van der Waals surface area contributed by atoms with Gasteiger partial charge in [0.2, 0.25) is 0 Å². The average Bonchev–Trinajstić information content (AvgIpc) is 2.72. The van der Waals surface area contributed by atoms with Crippen molar-refractivity contribution in [1.82, 2.24) is 9.88 Å². The Labute approximate surface area is 171 Å². The topological polar surface area (TPSA) is 83.6 Å². The van der Waals surface area contributed by atoms with Crippen LogP contribution in [0.3, 0.4) is 0 Å². The van der Waals surface area contributed by atoms with Gasteiger partial charge < -0.3 is 20.3 Å². The molecule has 1 fully saturated rings. The first-order chi connectivity index (χ1) is 14.0. The fourth-order valence-electron chi connectivity index (χ4n) is 3.27. The standard InChI is InChI=1S/C22H28N4O3/c1-4-29-22(28)26-11-9-18(10-12-26)24-20-8-6-17(14-23-20)21(27)25-19-7-5-15(2)16(3)13-19/h5-8,13-14,18H,4,9-12H2,1-3H3,(H,23,24)(H,25,27). The third-order valence-electron chi connectivity index (χ3n) is 5.16. The molecule has 154 valence electrons. The van der Waals surface area contributed by atoms with Crippen LogP contribution in [-0.4, -0.2) is 47.6 Å². The van der Waals surface area contributed by atoms with Gasteiger partial charge in [0.25, 0.3) is 5.91 Å². The minimum atomic E-state index is -0.247. The first kappa shape index (κ1) is 20.6. The lowest BCUT2D eigenvalue weighted by Gasteiger charge is -2.31. The van der Waals surface area contributed by atoms with Gasteiger partial charge in [-0.25, -0.2) is 9.78 Å². The Bertz CT molecular complexity index is 859. The zero-order chi connectivity index (χ0) is 20.8. The monoisotopic (exact) mass is 396 g/mol. The predicted molar refractivity (Wildman–Crippen MR) is 113 cm³/mol. The normalized spacial score (nSPS) is 14.4. The predicted octanol–water partition coefficient (Wildman–Crippen LogP) is 3.98. The van der Waals surface area contributed by atoms with Gasteiger partial charge in [-0.15, -0.1) is 0 Å². The number of carbonyl (C=O) groups is 2. The highest BCUT2D eigenvalue weighted by atomic mass is 16.6. The number of amides is 2. The largest absolute Gasteiger partial charge is 0.450 e. The molecule has 7 heteroatoms. The van der Waals surface area contributed by atoms with Crippen LogP contribution >= 0.6 is 0 Å². The van der Waals surface area contributed by atoms with Crippen molar-refractivity contribution < 1.29 is 14.3 Å². The van der Waals surface area contributed by atoms with Crippen molar-refractivity contribution in [2.24, 2.45) is 0 Å². The molecule has 1 aliphatic rings. The molecular formula is C22H28N4O3. The molecule has 0 saturated carbocycles. The summed E-state index contributed by atoms with van der Waals surface area (Å²) in [5.74, 6) is 0.539. The number of benzene rings is 1. The lowest BCUT2D eigenvalue weighted by Crippen LogP contribution is -2.42. The summed E-state index contributed by atoms with van der Waals surface area (Å²) < 4.78 is 5.04. The first-order valence-electron chi connectivity index (χ1n) is 9.99. The van der Waals surface area contributed by atoms with Gasteiger partial charge in [0.15, 0.2) is 0 Å². The van der Waals surface area contributed by atoms with E-state index in [2.05, 4.69) is 15.6 Å². The van der Waals surface area contributed by atoms with Crippen molar-refractivity contribution in [2.45, 2.75) is 39.7 Å². The van der Waals surface area contributed by atoms with Crippen molar-refractivity contribution in [2.75, 3.05) is 30.3 Å². The SMILES string of the molecule is CCOC(=O)N1CCC(Nc2ccc(C(=O)Nc3ccc(C)c(C)c3)cn2)CC1. The number of carbonyl (C=O) groups excluding carboxylic acids is 2. The Morgan fingerprint density at radius 2 is 1.90 bits per heavy atom. The van der Waals surface area contributed by atoms with Crippen LogP contribution < -0.4 is 10.6 Å². The number of rotatable bonds is 5. The zero-order valence-electron chi connectivity index (χ0n) is 17.2. The summed E-state index contributed by atoms with van der Waals surface area (Å²) in [4.78, 5) is 30.3. The van der Waals surface area contributed by atoms with E-state index in [1.54, 1.807) is 17.2 Å². The fraction of sp³-hybridized carbons (Fsp3) is 0.409. The molecule has 2 amide bonds. The quantitative estimate of drug-likeness (QED) is 0.799. The van der Waals surface area contributed by atoms with Crippen LogP contribution in [0.4, 0.5) is 16.3 Å². The van der Waals surface area contributed by atoms with Crippen molar-refractivity contribution in [1.29, 1.82) is 0 Å². The summed E-state index contributed by atoms with van der Waals surface area (Å²) in [7, 11) is 0. The molecule has 1 aromatic heterocycles. The molecular weight excluding hydrogens is 368 g/mol. The van der Waals surface area contributed by atoms with Crippen LogP contribution in [0.5, 0.6) is 0 Å². The highest BCUT2D eigenvalue weighted by Crippen LogP contribution is 2.18. The van der Waals surface area contributed by atoms with Crippen molar-refractivity contribution in [3.8, 4) is 0 Å². The third-order valence-corrected chi connectivity index (χ3v) is 5.16. The van der Waals surface area contributed by atoms with Gasteiger partial charge in [0, 0.05) is 31.0 Å². The number of hydrogen-bond acceptors (Lipinski definition) is 5. The summed E-state index contributed by atoms with van der Waals surface area (Å²) in [5, 5.41) is 6.28. The highest BCUT2D eigenvalue weighted by molar-refractivity contribution is 6.04. The number of anilines is 2. The number of pyridine rings is 1. The molecule has 0 atom stereocenters. The third kappa shape index (κ3) is 5.47. The van der Waals surface area contributed by atoms with Gasteiger partial charge in [-0.1, -0.05) is 6.07 Å². The van der Waals surface area contributed by atoms with Crippen molar-refractivity contribution >= 4 is 23.5 Å². The van der Waals surface area contributed by atoms with E-state index in [0.717, 1.165) is 29.9 Å². The second-order valence-electron chi connectivity index (χ2n) is 7.29. The molecule has 0 bridgehead atoms. The minimum absolute atomic E-state index is 0.185. The van der Waals surface area contributed by atoms with Crippen LogP contribution in [-0.2, 0) is 4.74 Å². The van der Waals surface area contributed by atoms with E-state index in [4.69, 9.17) is 4.74 Å². The number of aromatic nitrogens is 1. The number of nitrogens with zero attached hydrogens (tertiary/aromatic N) is 2. The molecule has 0 spiro atoms. The minimum Gasteiger partial charge on any atom is -0.450 e. The lowest BCUT2D eigenvalue weighted by molar-refractivity contribution is 0.0982. The summed E-state index contributed by atoms with van der Waals surface area (Å²) >= 11 is 0. The lowest BCUT2D eigenvalue weighted by atomic mass is 10.1. The molecule has 2 aromatic rings. The zero-order valence-corrected chi connectivity index (χ0v) is 17.2. The molecule has 2 N–H and O–H groups in total. The number of nitrogens with one attached hydrogen (secondary N) is 2. The summed E-state index contributed by atoms with van der Waals surface area (Å²) in [6.07, 6.45) is 2.99. The van der Waals surface area contributed by atoms with Crippen molar-refractivity contribution in [3.63, 3.8) is 0 Å². The number of ether oxygens (including phenoxy) is 1. The van der Waals surface area contributed by atoms with E-state index >= 15 is 0 Å². The van der Waals surface area contributed by atoms with Gasteiger partial charge in [0.05, 0.1) is 12.2 Å². The Kier molecular flexibility index (Phi) is 6.69. The number of aryl methyl sites for hydroxylation is 2. The smallest absolute Gasteiger partial charge is 0.409 e. The van der Waals surface area contributed by atoms with E-state index in [1.807, 2.05) is 45.0 Å². The first-order valence-corrected chi connectivity index (χ1v) is 9.99. The molecule has 1 aliphatic heterocycles. The maximum atomic E-state index is 12.4. The van der Waals surface area contributed by atoms with Crippen LogP contribution in [0.15, 0.2) is 36.5 Å². The van der Waals surface area contributed by atoms with Crippen LogP contribution in [0, 0.1) is 13.8 Å². The van der Waals surface area contributed by atoms with Crippen LogP contribution in [0.25, 0.3) is 0 Å². The molecule has 2 heterocycles. The maximum absolute atomic E-state index is 12.4. The molecule has 1 saturated heterocycles. The van der Waals surface area contributed by atoms with E-state index in [0.29, 0.717) is 25.3 Å². The molecule has 1 aromatic carbocycles. The fourth-order valence-corrected chi connectivity index (χ4v) is 3.27. The van der Waals surface area contributed by atoms with E-state index in [9.17, 15) is 9.59 Å². The maximum Gasteiger partial charge on any atom is 0.409 e. The van der Waals surface area contributed by atoms with Gasteiger partial charge in [-0.3, -0.25) is 4.79 Å². The van der Waals surface area contributed by atoms with E-state index in [1.165, 1.54) is 5.56 Å². The summed E-state index contributed by atoms with van der Waals surface area (Å²) in [6, 6.07) is 9.66. The Morgan fingerprint density at radius 1 is 1.14 bits per heavy atom. The second kappa shape index (κ2) is 9.41.